The zero-order valence-electron chi connectivity index (χ0n) is 29.5. The van der Waals surface area contributed by atoms with Crippen molar-refractivity contribution in [3.63, 3.8) is 0 Å². The molecule has 10 nitrogen and oxygen atoms in total. The van der Waals surface area contributed by atoms with Crippen molar-refractivity contribution in [2.24, 2.45) is 0 Å². The first-order chi connectivity index (χ1) is 27.2. The lowest BCUT2D eigenvalue weighted by Gasteiger charge is -2.13. The number of hydrogen-bond acceptors (Lipinski definition) is 8. The van der Waals surface area contributed by atoms with E-state index in [2.05, 4.69) is 60.1 Å². The van der Waals surface area contributed by atoms with Crippen LogP contribution in [0.4, 0.5) is 0 Å². The quantitative estimate of drug-likeness (QED) is 0.106. The molecule has 6 aromatic carbocycles. The molecule has 0 atom stereocenters. The van der Waals surface area contributed by atoms with Crippen LogP contribution in [-0.2, 0) is 51.3 Å². The zero-order chi connectivity index (χ0) is 38.8. The van der Waals surface area contributed by atoms with Crippen LogP contribution in [0, 0.1) is 23.7 Å². The number of hydrogen-bond donors (Lipinski definition) is 0. The second kappa shape index (κ2) is 14.9. The van der Waals surface area contributed by atoms with Crippen molar-refractivity contribution in [2.75, 3.05) is 0 Å². The lowest BCUT2D eigenvalue weighted by molar-refractivity contribution is -0.196. The van der Waals surface area contributed by atoms with Gasteiger partial charge in [-0.15, -0.1) is 0 Å². The fourth-order valence-corrected chi connectivity index (χ4v) is 6.55. The third-order valence-corrected chi connectivity index (χ3v) is 9.41. The van der Waals surface area contributed by atoms with Crippen molar-refractivity contribution in [3.05, 3.63) is 155 Å². The molecule has 8 rings (SSSR count). The minimum absolute atomic E-state index is 0.00185. The Hall–Kier alpha value is -7.82. The molecule has 0 bridgehead atoms. The molecule has 2 aliphatic rings. The summed E-state index contributed by atoms with van der Waals surface area (Å²) in [4.78, 5) is 80.6. The SMILES string of the molecule is O=C(CCc1ccc(C#Cc2ccc3ccc4c(C#Cc5ccc(CCC(=O)ON6C(=O)C=CC6=O)cc5)ccc5ccc2c3c54)cc1)ON1C(=O)C=CC1=O. The van der Waals surface area contributed by atoms with Crippen molar-refractivity contribution in [1.82, 2.24) is 10.1 Å². The van der Waals surface area contributed by atoms with Crippen LogP contribution < -0.4 is 0 Å². The van der Waals surface area contributed by atoms with Crippen LogP contribution in [0.25, 0.3) is 32.3 Å². The molecule has 0 radical (unpaired) electrons. The highest BCUT2D eigenvalue weighted by Crippen LogP contribution is 2.37. The van der Waals surface area contributed by atoms with E-state index in [0.29, 0.717) is 23.0 Å². The third-order valence-electron chi connectivity index (χ3n) is 9.41. The Labute approximate surface area is 319 Å². The lowest BCUT2D eigenvalue weighted by atomic mass is 9.90. The summed E-state index contributed by atoms with van der Waals surface area (Å²) in [5.41, 5.74) is 5.15. The van der Waals surface area contributed by atoms with E-state index in [1.54, 1.807) is 0 Å². The van der Waals surface area contributed by atoms with E-state index >= 15 is 0 Å². The molecule has 56 heavy (non-hydrogen) atoms. The first-order valence-electron chi connectivity index (χ1n) is 17.7. The predicted molar refractivity (Wildman–Crippen MR) is 206 cm³/mol. The summed E-state index contributed by atoms with van der Waals surface area (Å²) in [6.45, 7) is 0. The first-order valence-corrected chi connectivity index (χ1v) is 17.7. The highest BCUT2D eigenvalue weighted by molar-refractivity contribution is 6.25. The van der Waals surface area contributed by atoms with E-state index in [0.717, 1.165) is 90.0 Å². The number of carbonyl (C=O) groups excluding carboxylic acids is 6. The van der Waals surface area contributed by atoms with Crippen molar-refractivity contribution < 1.29 is 38.4 Å². The second-order valence-electron chi connectivity index (χ2n) is 13.1. The summed E-state index contributed by atoms with van der Waals surface area (Å²) >= 11 is 0. The standard InChI is InChI=1S/C46H28N2O8/c49-39-23-24-40(50)47(39)55-43(53)27-11-31-5-1-29(2-6-31)9-13-33-15-17-35-20-22-38-34(16-18-36-19-21-37(33)45(35)46(36)38)14-10-30-3-7-32(8-4-30)12-28-44(54)56-48-41(51)25-26-42(48)52/h1-8,15-26H,11-12,27-28H2. The molecule has 0 N–H and O–H groups in total. The monoisotopic (exact) mass is 736 g/mol. The van der Waals surface area contributed by atoms with Gasteiger partial charge in [-0.2, -0.15) is 0 Å². The van der Waals surface area contributed by atoms with Crippen LogP contribution in [0.15, 0.2) is 121 Å². The van der Waals surface area contributed by atoms with Crippen LogP contribution in [0.3, 0.4) is 0 Å². The smallest absolute Gasteiger partial charge is 0.330 e. The van der Waals surface area contributed by atoms with Crippen molar-refractivity contribution in [3.8, 4) is 23.7 Å². The maximum atomic E-state index is 12.2. The number of aryl methyl sites for hydroxylation is 2. The van der Waals surface area contributed by atoms with E-state index in [9.17, 15) is 28.8 Å². The van der Waals surface area contributed by atoms with E-state index in [1.165, 1.54) is 0 Å². The molecule has 10 heteroatoms. The Morgan fingerprint density at radius 1 is 0.446 bits per heavy atom. The van der Waals surface area contributed by atoms with E-state index in [-0.39, 0.29) is 12.8 Å². The molecule has 0 saturated heterocycles. The Balaban J connectivity index is 0.954. The summed E-state index contributed by atoms with van der Waals surface area (Å²) in [5.74, 6) is 9.17. The van der Waals surface area contributed by atoms with Crippen molar-refractivity contribution in [2.45, 2.75) is 25.7 Å². The fraction of sp³-hybridized carbons (Fsp3) is 0.0870. The van der Waals surface area contributed by atoms with Gasteiger partial charge in [-0.1, -0.05) is 94.5 Å². The van der Waals surface area contributed by atoms with Crippen LogP contribution in [-0.4, -0.2) is 45.7 Å². The van der Waals surface area contributed by atoms with Gasteiger partial charge in [-0.25, -0.2) is 9.59 Å². The number of nitrogens with zero attached hydrogens (tertiary/aromatic N) is 2. The largest absolute Gasteiger partial charge is 0.333 e. The number of rotatable bonds is 8. The van der Waals surface area contributed by atoms with Gasteiger partial charge in [0.1, 0.15) is 0 Å². The van der Waals surface area contributed by atoms with Gasteiger partial charge in [0.15, 0.2) is 0 Å². The molecule has 0 spiro atoms. The topological polar surface area (TPSA) is 127 Å². The highest BCUT2D eigenvalue weighted by Gasteiger charge is 2.28. The van der Waals surface area contributed by atoms with Gasteiger partial charge < -0.3 is 9.68 Å². The summed E-state index contributed by atoms with van der Waals surface area (Å²) in [6, 6.07) is 31.7. The molecule has 0 aliphatic carbocycles. The van der Waals surface area contributed by atoms with Gasteiger partial charge in [0.2, 0.25) is 0 Å². The minimum atomic E-state index is -0.679. The van der Waals surface area contributed by atoms with Crippen LogP contribution in [0.2, 0.25) is 0 Å². The second-order valence-corrected chi connectivity index (χ2v) is 13.1. The molecule has 6 aromatic rings. The molecular weight excluding hydrogens is 709 g/mol. The summed E-state index contributed by atoms with van der Waals surface area (Å²) in [5, 5.41) is 7.41. The van der Waals surface area contributed by atoms with Gasteiger partial charge in [0.05, 0.1) is 12.8 Å². The van der Waals surface area contributed by atoms with Gasteiger partial charge in [-0.3, -0.25) is 19.2 Å². The van der Waals surface area contributed by atoms with Gasteiger partial charge in [0, 0.05) is 46.6 Å². The Morgan fingerprint density at radius 3 is 1.18 bits per heavy atom. The third kappa shape index (κ3) is 7.23. The molecule has 4 amide bonds. The van der Waals surface area contributed by atoms with E-state index in [1.807, 2.05) is 60.7 Å². The van der Waals surface area contributed by atoms with E-state index < -0.39 is 35.6 Å². The average molecular weight is 737 g/mol. The van der Waals surface area contributed by atoms with Crippen LogP contribution >= 0.6 is 0 Å². The Kier molecular flexibility index (Phi) is 9.37. The lowest BCUT2D eigenvalue weighted by Crippen LogP contribution is -2.32. The Morgan fingerprint density at radius 2 is 0.804 bits per heavy atom. The molecule has 0 unspecified atom stereocenters. The number of benzene rings is 6. The molecule has 2 aliphatic heterocycles. The highest BCUT2D eigenvalue weighted by atomic mass is 16.7. The zero-order valence-corrected chi connectivity index (χ0v) is 29.5. The summed E-state index contributed by atoms with van der Waals surface area (Å²) in [6.07, 6.45) is 4.96. The van der Waals surface area contributed by atoms with Crippen LogP contribution in [0.1, 0.15) is 46.2 Å². The number of amides is 4. The molecule has 270 valence electrons. The molecule has 0 saturated carbocycles. The molecule has 2 heterocycles. The van der Waals surface area contributed by atoms with Crippen molar-refractivity contribution in [1.29, 1.82) is 0 Å². The fourth-order valence-electron chi connectivity index (χ4n) is 6.55. The minimum Gasteiger partial charge on any atom is -0.330 e. The summed E-state index contributed by atoms with van der Waals surface area (Å²) in [7, 11) is 0. The van der Waals surface area contributed by atoms with Crippen LogP contribution in [0.5, 0.6) is 0 Å². The maximum Gasteiger partial charge on any atom is 0.333 e. The van der Waals surface area contributed by atoms with Gasteiger partial charge >= 0.3 is 11.9 Å². The normalized spacial score (nSPS) is 13.4. The van der Waals surface area contributed by atoms with Gasteiger partial charge in [0.25, 0.3) is 23.6 Å². The molecule has 0 aromatic heterocycles. The number of carbonyl (C=O) groups is 6. The average Bonchev–Trinajstić information content (AvgIpc) is 3.71. The first kappa shape index (κ1) is 35.2. The number of hydroxylamine groups is 4. The predicted octanol–water partition coefficient (Wildman–Crippen LogP) is 6.02. The van der Waals surface area contributed by atoms with E-state index in [4.69, 9.17) is 9.68 Å². The molecule has 0 fully saturated rings. The Bertz CT molecular complexity index is 2600. The number of imide groups is 2. The van der Waals surface area contributed by atoms with Gasteiger partial charge in [-0.05, 0) is 92.7 Å². The van der Waals surface area contributed by atoms with Crippen molar-refractivity contribution >= 4 is 67.9 Å². The summed E-state index contributed by atoms with van der Waals surface area (Å²) < 4.78 is 0. The molecular formula is C46H28N2O8. The maximum absolute atomic E-state index is 12.2.